The number of rotatable bonds is 3. The third kappa shape index (κ3) is 4.23. The highest BCUT2D eigenvalue weighted by atomic mass is 79.9. The number of nitrogens with two attached hydrogens (primary N) is 1. The number of alkyl halides is 3. The van der Waals surface area contributed by atoms with Gasteiger partial charge in [-0.05, 0) is 12.1 Å². The van der Waals surface area contributed by atoms with Crippen molar-refractivity contribution in [2.75, 3.05) is 12.3 Å². The van der Waals surface area contributed by atoms with Crippen molar-refractivity contribution in [2.24, 2.45) is 0 Å². The zero-order chi connectivity index (χ0) is 14.8. The van der Waals surface area contributed by atoms with Crippen LogP contribution in [0.4, 0.5) is 23.2 Å². The van der Waals surface area contributed by atoms with Gasteiger partial charge < -0.3 is 11.1 Å². The average Bonchev–Trinajstić information content (AvgIpc) is 2.29. The molecule has 0 aliphatic carbocycles. The van der Waals surface area contributed by atoms with E-state index >= 15 is 0 Å². The maximum atomic E-state index is 13.3. The Labute approximate surface area is 114 Å². The summed E-state index contributed by atoms with van der Waals surface area (Å²) in [5.74, 6) is -1.83. The minimum absolute atomic E-state index is 0.0337. The van der Waals surface area contributed by atoms with Crippen molar-refractivity contribution in [3.63, 3.8) is 0 Å². The van der Waals surface area contributed by atoms with Gasteiger partial charge in [0, 0.05) is 15.6 Å². The second-order valence-corrected chi connectivity index (χ2v) is 4.48. The summed E-state index contributed by atoms with van der Waals surface area (Å²) in [5.41, 5.74) is 4.88. The van der Waals surface area contributed by atoms with Crippen LogP contribution in [0, 0.1) is 5.82 Å². The van der Waals surface area contributed by atoms with Gasteiger partial charge in [0.05, 0.1) is 5.69 Å². The maximum absolute atomic E-state index is 13.3. The van der Waals surface area contributed by atoms with Gasteiger partial charge in [0.2, 0.25) is 0 Å². The number of hydrogen-bond donors (Lipinski definition) is 2. The number of nitrogen functional groups attached to an aromatic ring is 1. The van der Waals surface area contributed by atoms with E-state index in [0.717, 1.165) is 6.07 Å². The smallest absolute Gasteiger partial charge is 0.396 e. The zero-order valence-electron chi connectivity index (χ0n) is 9.44. The van der Waals surface area contributed by atoms with Gasteiger partial charge in [-0.15, -0.1) is 0 Å². The van der Waals surface area contributed by atoms with Crippen LogP contribution in [0.25, 0.3) is 5.57 Å². The Morgan fingerprint density at radius 3 is 2.53 bits per heavy atom. The van der Waals surface area contributed by atoms with Crippen molar-refractivity contribution in [1.29, 1.82) is 0 Å². The second kappa shape index (κ2) is 5.60. The fourth-order valence-corrected chi connectivity index (χ4v) is 1.80. The van der Waals surface area contributed by atoms with Gasteiger partial charge in [0.15, 0.2) is 0 Å². The Balaban J connectivity index is 2.89. The lowest BCUT2D eigenvalue weighted by Gasteiger charge is -2.12. The lowest BCUT2D eigenvalue weighted by Crippen LogP contribution is -2.34. The summed E-state index contributed by atoms with van der Waals surface area (Å²) in [6.07, 6.45) is -4.53. The van der Waals surface area contributed by atoms with Crippen LogP contribution >= 0.6 is 15.9 Å². The van der Waals surface area contributed by atoms with E-state index < -0.39 is 24.4 Å². The Kier molecular flexibility index (Phi) is 4.56. The van der Waals surface area contributed by atoms with E-state index in [1.807, 2.05) is 0 Å². The molecule has 0 atom stereocenters. The van der Waals surface area contributed by atoms with Crippen LogP contribution in [0.2, 0.25) is 0 Å². The Morgan fingerprint density at radius 2 is 2.00 bits per heavy atom. The summed E-state index contributed by atoms with van der Waals surface area (Å²) in [6.45, 7) is 1.85. The molecule has 0 bridgehead atoms. The molecular weight excluding hydrogens is 332 g/mol. The van der Waals surface area contributed by atoms with Gasteiger partial charge in [-0.25, -0.2) is 4.39 Å². The third-order valence-electron chi connectivity index (χ3n) is 2.13. The third-order valence-corrected chi connectivity index (χ3v) is 2.79. The predicted molar refractivity (Wildman–Crippen MR) is 66.6 cm³/mol. The van der Waals surface area contributed by atoms with Crippen LogP contribution in [-0.4, -0.2) is 18.6 Å². The van der Waals surface area contributed by atoms with Gasteiger partial charge in [-0.1, -0.05) is 22.5 Å². The van der Waals surface area contributed by atoms with E-state index in [2.05, 4.69) is 22.5 Å². The molecule has 0 heterocycles. The van der Waals surface area contributed by atoms with Gasteiger partial charge in [0.25, 0.3) is 5.91 Å². The molecule has 0 aliphatic rings. The number of benzene rings is 1. The SMILES string of the molecule is C=C(C(=O)NCC(F)(F)F)c1cc(F)c(N)cc1Br. The maximum Gasteiger partial charge on any atom is 0.405 e. The largest absolute Gasteiger partial charge is 0.405 e. The van der Waals surface area contributed by atoms with E-state index in [4.69, 9.17) is 5.73 Å². The van der Waals surface area contributed by atoms with Crippen LogP contribution in [-0.2, 0) is 4.79 Å². The number of amides is 1. The van der Waals surface area contributed by atoms with E-state index in [1.54, 1.807) is 5.32 Å². The molecule has 1 amide bonds. The fourth-order valence-electron chi connectivity index (χ4n) is 1.20. The molecule has 0 fully saturated rings. The van der Waals surface area contributed by atoms with E-state index in [1.165, 1.54) is 6.07 Å². The lowest BCUT2D eigenvalue weighted by atomic mass is 10.1. The van der Waals surface area contributed by atoms with Crippen LogP contribution in [0.1, 0.15) is 5.56 Å². The number of hydrogen-bond acceptors (Lipinski definition) is 2. The molecular formula is C11H9BrF4N2O. The molecule has 0 radical (unpaired) electrons. The molecule has 0 aromatic heterocycles. The van der Waals surface area contributed by atoms with Crippen molar-refractivity contribution < 1.29 is 22.4 Å². The minimum atomic E-state index is -4.53. The summed E-state index contributed by atoms with van der Waals surface area (Å²) in [6, 6.07) is 2.13. The molecule has 3 N–H and O–H groups in total. The van der Waals surface area contributed by atoms with Crippen molar-refractivity contribution in [1.82, 2.24) is 5.32 Å². The molecule has 0 unspecified atom stereocenters. The van der Waals surface area contributed by atoms with Crippen molar-refractivity contribution in [2.45, 2.75) is 6.18 Å². The van der Waals surface area contributed by atoms with Crippen molar-refractivity contribution >= 4 is 33.1 Å². The predicted octanol–water partition coefficient (Wildman–Crippen LogP) is 2.86. The lowest BCUT2D eigenvalue weighted by molar-refractivity contribution is -0.135. The molecule has 0 saturated heterocycles. The molecule has 1 rings (SSSR count). The zero-order valence-corrected chi connectivity index (χ0v) is 11.0. The molecule has 19 heavy (non-hydrogen) atoms. The molecule has 1 aromatic carbocycles. The quantitative estimate of drug-likeness (QED) is 0.505. The van der Waals surface area contributed by atoms with Gasteiger partial charge in [-0.2, -0.15) is 13.2 Å². The van der Waals surface area contributed by atoms with Crippen LogP contribution in [0.15, 0.2) is 23.2 Å². The highest BCUT2D eigenvalue weighted by molar-refractivity contribution is 9.10. The van der Waals surface area contributed by atoms with Crippen molar-refractivity contribution in [3.8, 4) is 0 Å². The highest BCUT2D eigenvalue weighted by Crippen LogP contribution is 2.28. The van der Waals surface area contributed by atoms with Gasteiger partial charge in [-0.3, -0.25) is 4.79 Å². The van der Waals surface area contributed by atoms with Crippen molar-refractivity contribution in [3.05, 3.63) is 34.6 Å². The first-order valence-corrected chi connectivity index (χ1v) is 5.70. The first-order chi connectivity index (χ1) is 8.61. The summed E-state index contributed by atoms with van der Waals surface area (Å²) in [5, 5.41) is 1.64. The van der Waals surface area contributed by atoms with Crippen LogP contribution < -0.4 is 11.1 Å². The number of halogens is 5. The molecule has 0 spiro atoms. The first-order valence-electron chi connectivity index (χ1n) is 4.90. The van der Waals surface area contributed by atoms with E-state index in [0.29, 0.717) is 0 Å². The number of carbonyl (C=O) groups excluding carboxylic acids is 1. The van der Waals surface area contributed by atoms with Gasteiger partial charge in [0.1, 0.15) is 12.4 Å². The average molecular weight is 341 g/mol. The number of carbonyl (C=O) groups is 1. The van der Waals surface area contributed by atoms with E-state index in [-0.39, 0.29) is 21.3 Å². The topological polar surface area (TPSA) is 55.1 Å². The Morgan fingerprint density at radius 1 is 1.42 bits per heavy atom. The number of anilines is 1. The molecule has 0 aliphatic heterocycles. The molecule has 8 heteroatoms. The Bertz CT molecular complexity index is 528. The fraction of sp³-hybridized carbons (Fsp3) is 0.182. The normalized spacial score (nSPS) is 11.2. The summed E-state index contributed by atoms with van der Waals surface area (Å²) >= 11 is 3.03. The second-order valence-electron chi connectivity index (χ2n) is 3.63. The first kappa shape index (κ1) is 15.5. The minimum Gasteiger partial charge on any atom is -0.396 e. The number of nitrogens with one attached hydrogen (secondary N) is 1. The van der Waals surface area contributed by atoms with Crippen LogP contribution in [0.5, 0.6) is 0 Å². The van der Waals surface area contributed by atoms with E-state index in [9.17, 15) is 22.4 Å². The highest BCUT2D eigenvalue weighted by Gasteiger charge is 2.28. The monoisotopic (exact) mass is 340 g/mol. The van der Waals surface area contributed by atoms with Gasteiger partial charge >= 0.3 is 6.18 Å². The molecule has 3 nitrogen and oxygen atoms in total. The summed E-state index contributed by atoms with van der Waals surface area (Å²) < 4.78 is 49.4. The molecule has 104 valence electrons. The standard InChI is InChI=1S/C11H9BrF4N2O/c1-5(10(19)18-4-11(14,15)16)6-2-8(13)9(17)3-7(6)12/h2-3H,1,4,17H2,(H,18,19). The molecule has 0 saturated carbocycles. The molecule has 1 aromatic rings. The summed E-state index contributed by atoms with van der Waals surface area (Å²) in [7, 11) is 0. The van der Waals surface area contributed by atoms with Crippen LogP contribution in [0.3, 0.4) is 0 Å². The Hall–Kier alpha value is -1.57. The summed E-state index contributed by atoms with van der Waals surface area (Å²) in [4.78, 5) is 11.5.